The Hall–Kier alpha value is -3.12. The average molecular weight is 497 g/mol. The Labute approximate surface area is 194 Å². The first kappa shape index (κ1) is 24.0. The number of hydrogen-bond donors (Lipinski definition) is 2. The van der Waals surface area contributed by atoms with Crippen LogP contribution in [-0.2, 0) is 32.2 Å². The van der Waals surface area contributed by atoms with Gasteiger partial charge in [-0.05, 0) is 61.2 Å². The topological polar surface area (TPSA) is 105 Å². The van der Waals surface area contributed by atoms with Crippen molar-refractivity contribution in [2.75, 3.05) is 34.3 Å². The number of hydrogen-bond acceptors (Lipinski definition) is 5. The van der Waals surface area contributed by atoms with Crippen molar-refractivity contribution in [2.45, 2.75) is 31.5 Å². The maximum absolute atomic E-state index is 13.7. The molecule has 1 unspecified atom stereocenters. The lowest BCUT2D eigenvalue weighted by Crippen LogP contribution is -2.27. The van der Waals surface area contributed by atoms with Crippen molar-refractivity contribution in [1.82, 2.24) is 0 Å². The van der Waals surface area contributed by atoms with Crippen LogP contribution in [0.15, 0.2) is 36.4 Å². The van der Waals surface area contributed by atoms with E-state index in [2.05, 4.69) is 10.6 Å². The molecule has 2 aliphatic rings. The van der Waals surface area contributed by atoms with Gasteiger partial charge in [-0.1, -0.05) is 0 Å². The van der Waals surface area contributed by atoms with Gasteiger partial charge in [0.2, 0.25) is 10.0 Å². The van der Waals surface area contributed by atoms with E-state index >= 15 is 0 Å². The fraction of sp³-hybridized carbons (Fsp3) is 0.364. The van der Waals surface area contributed by atoms with Gasteiger partial charge in [0.1, 0.15) is 6.10 Å². The van der Waals surface area contributed by atoms with Gasteiger partial charge in [0.15, 0.2) is 0 Å². The first-order valence-corrected chi connectivity index (χ1v) is 12.3. The van der Waals surface area contributed by atoms with Crippen LogP contribution in [0.2, 0.25) is 0 Å². The maximum atomic E-state index is 13.7. The molecule has 2 N–H and O–H groups in total. The molecule has 0 bridgehead atoms. The predicted octanol–water partition coefficient (Wildman–Crippen LogP) is 3.40. The van der Waals surface area contributed by atoms with Gasteiger partial charge < -0.3 is 15.4 Å². The molecule has 12 heteroatoms. The summed E-state index contributed by atoms with van der Waals surface area (Å²) >= 11 is 0. The lowest BCUT2D eigenvalue weighted by atomic mass is 10.1. The quantitative estimate of drug-likeness (QED) is 0.659. The zero-order valence-corrected chi connectivity index (χ0v) is 18.9. The molecule has 0 aliphatic carbocycles. The largest absolute Gasteiger partial charge is 0.418 e. The Morgan fingerprint density at radius 3 is 2.53 bits per heavy atom. The number of nitrogens with one attached hydrogen (secondary N) is 2. The average Bonchev–Trinajstić information content (AvgIpc) is 3.43. The summed E-state index contributed by atoms with van der Waals surface area (Å²) in [6.45, 7) is 0.655. The number of halogens is 3. The SMILES string of the molecule is CS(=O)(=O)N1CCc2cc(C(=O)Nc3ccc(NC(=O)C4CCCO4)cc3C(F)(F)F)ccc21. The van der Waals surface area contributed by atoms with Crippen LogP contribution in [-0.4, -0.2) is 45.7 Å². The summed E-state index contributed by atoms with van der Waals surface area (Å²) in [6.07, 6.45) is -2.83. The van der Waals surface area contributed by atoms with Crippen LogP contribution in [0.5, 0.6) is 0 Å². The third kappa shape index (κ3) is 5.02. The highest BCUT2D eigenvalue weighted by molar-refractivity contribution is 7.92. The standard InChI is InChI=1S/C22H22F3N3O5S/c1-34(31,32)28-9-8-13-11-14(4-7-18(13)28)20(29)27-17-6-5-15(12-16(17)22(23,24)25)26-21(30)19-3-2-10-33-19/h4-7,11-12,19H,2-3,8-10H2,1H3,(H,26,30)(H,27,29). The van der Waals surface area contributed by atoms with Crippen molar-refractivity contribution < 1.29 is 35.9 Å². The van der Waals surface area contributed by atoms with Gasteiger partial charge in [-0.3, -0.25) is 13.9 Å². The zero-order chi connectivity index (χ0) is 24.7. The molecule has 1 fully saturated rings. The molecule has 2 aromatic carbocycles. The molecule has 1 saturated heterocycles. The number of rotatable bonds is 5. The second kappa shape index (κ2) is 8.91. The first-order chi connectivity index (χ1) is 15.9. The van der Waals surface area contributed by atoms with E-state index in [1.165, 1.54) is 28.6 Å². The number of alkyl halides is 3. The summed E-state index contributed by atoms with van der Waals surface area (Å²) in [6, 6.07) is 7.40. The summed E-state index contributed by atoms with van der Waals surface area (Å²) in [5.41, 5.74) is -0.494. The fourth-order valence-electron chi connectivity index (χ4n) is 4.02. The van der Waals surface area contributed by atoms with Crippen molar-refractivity contribution >= 4 is 38.9 Å². The van der Waals surface area contributed by atoms with Crippen LogP contribution in [0.3, 0.4) is 0 Å². The zero-order valence-electron chi connectivity index (χ0n) is 18.1. The van der Waals surface area contributed by atoms with E-state index in [0.29, 0.717) is 37.1 Å². The van der Waals surface area contributed by atoms with Crippen molar-refractivity contribution in [3.05, 3.63) is 53.1 Å². The monoisotopic (exact) mass is 497 g/mol. The molecule has 0 aromatic heterocycles. The van der Waals surface area contributed by atoms with Crippen molar-refractivity contribution in [2.24, 2.45) is 0 Å². The minimum absolute atomic E-state index is 0.0655. The van der Waals surface area contributed by atoms with E-state index in [1.54, 1.807) is 0 Å². The number of carbonyl (C=O) groups excluding carboxylic acids is 2. The molecule has 2 amide bonds. The van der Waals surface area contributed by atoms with Crippen LogP contribution in [0, 0.1) is 0 Å². The molecule has 0 radical (unpaired) electrons. The molecule has 4 rings (SSSR count). The molecule has 0 saturated carbocycles. The van der Waals surface area contributed by atoms with E-state index in [4.69, 9.17) is 4.74 Å². The lowest BCUT2D eigenvalue weighted by molar-refractivity contribution is -0.137. The van der Waals surface area contributed by atoms with Crippen LogP contribution < -0.4 is 14.9 Å². The Bertz CT molecular complexity index is 1240. The van der Waals surface area contributed by atoms with E-state index < -0.39 is 45.4 Å². The molecule has 34 heavy (non-hydrogen) atoms. The highest BCUT2D eigenvalue weighted by Crippen LogP contribution is 2.37. The highest BCUT2D eigenvalue weighted by Gasteiger charge is 2.35. The van der Waals surface area contributed by atoms with E-state index in [-0.39, 0.29) is 17.8 Å². The molecule has 1 atom stereocenters. The summed E-state index contributed by atoms with van der Waals surface area (Å²) in [7, 11) is -3.47. The summed E-state index contributed by atoms with van der Waals surface area (Å²) in [5, 5.41) is 4.70. The number of ether oxygens (including phenoxy) is 1. The van der Waals surface area contributed by atoms with Crippen molar-refractivity contribution in [1.29, 1.82) is 0 Å². The van der Waals surface area contributed by atoms with E-state index in [1.807, 2.05) is 0 Å². The number of benzene rings is 2. The number of anilines is 3. The lowest BCUT2D eigenvalue weighted by Gasteiger charge is -2.18. The summed E-state index contributed by atoms with van der Waals surface area (Å²) in [5.74, 6) is -1.30. The van der Waals surface area contributed by atoms with E-state index in [0.717, 1.165) is 18.4 Å². The Kier molecular flexibility index (Phi) is 6.30. The Morgan fingerprint density at radius 1 is 1.12 bits per heavy atom. The second-order valence-corrected chi connectivity index (χ2v) is 10.0. The minimum Gasteiger partial charge on any atom is -0.368 e. The molecule has 182 valence electrons. The molecule has 2 heterocycles. The Balaban J connectivity index is 1.55. The van der Waals surface area contributed by atoms with Gasteiger partial charge in [-0.25, -0.2) is 8.42 Å². The third-order valence-corrected chi connectivity index (χ3v) is 6.84. The normalized spacial score (nSPS) is 18.0. The molecule has 2 aliphatic heterocycles. The number of nitrogens with zero attached hydrogens (tertiary/aromatic N) is 1. The smallest absolute Gasteiger partial charge is 0.368 e. The van der Waals surface area contributed by atoms with Crippen LogP contribution in [0.4, 0.5) is 30.2 Å². The molecule has 8 nitrogen and oxygen atoms in total. The highest BCUT2D eigenvalue weighted by atomic mass is 32.2. The van der Waals surface area contributed by atoms with Gasteiger partial charge >= 0.3 is 6.18 Å². The summed E-state index contributed by atoms with van der Waals surface area (Å²) < 4.78 is 71.3. The van der Waals surface area contributed by atoms with E-state index in [9.17, 15) is 31.2 Å². The number of fused-ring (bicyclic) bond motifs is 1. The molecular weight excluding hydrogens is 475 g/mol. The third-order valence-electron chi connectivity index (χ3n) is 5.66. The van der Waals surface area contributed by atoms with Crippen molar-refractivity contribution in [3.8, 4) is 0 Å². The molecule has 2 aromatic rings. The second-order valence-electron chi connectivity index (χ2n) is 8.13. The maximum Gasteiger partial charge on any atom is 0.418 e. The Morgan fingerprint density at radius 2 is 1.88 bits per heavy atom. The first-order valence-electron chi connectivity index (χ1n) is 10.5. The van der Waals surface area contributed by atoms with Gasteiger partial charge in [0.25, 0.3) is 11.8 Å². The predicted molar refractivity (Wildman–Crippen MR) is 119 cm³/mol. The van der Waals surface area contributed by atoms with Crippen LogP contribution >= 0.6 is 0 Å². The van der Waals surface area contributed by atoms with Gasteiger partial charge in [-0.15, -0.1) is 0 Å². The number of sulfonamides is 1. The van der Waals surface area contributed by atoms with Gasteiger partial charge in [-0.2, -0.15) is 13.2 Å². The fourth-order valence-corrected chi connectivity index (χ4v) is 4.98. The van der Waals surface area contributed by atoms with Gasteiger partial charge in [0, 0.05) is 24.4 Å². The van der Waals surface area contributed by atoms with Crippen LogP contribution in [0.1, 0.15) is 34.3 Å². The molecule has 0 spiro atoms. The summed E-state index contributed by atoms with van der Waals surface area (Å²) in [4.78, 5) is 24.9. The van der Waals surface area contributed by atoms with Crippen molar-refractivity contribution in [3.63, 3.8) is 0 Å². The molecular formula is C22H22F3N3O5S. The minimum atomic E-state index is -4.79. The number of carbonyl (C=O) groups is 2. The van der Waals surface area contributed by atoms with Gasteiger partial charge in [0.05, 0.1) is 23.2 Å². The number of amides is 2. The van der Waals surface area contributed by atoms with Crippen LogP contribution in [0.25, 0.3) is 0 Å².